The van der Waals surface area contributed by atoms with E-state index in [9.17, 15) is 9.59 Å². The molecule has 0 unspecified atom stereocenters. The molecular formula is C13H9NO2. The number of carbonyl (C=O) groups excluding carboxylic acids is 2. The van der Waals surface area contributed by atoms with Crippen molar-refractivity contribution in [2.45, 2.75) is 6.92 Å². The minimum absolute atomic E-state index is 0.356. The van der Waals surface area contributed by atoms with Crippen molar-refractivity contribution in [2.75, 3.05) is 0 Å². The molecule has 2 amide bonds. The summed E-state index contributed by atoms with van der Waals surface area (Å²) in [5.74, 6) is 1.81. The topological polar surface area (TPSA) is 37.4 Å². The SMILES string of the molecule is CC#CN1C(=O)C=C(c2ccccc2)C1=O. The van der Waals surface area contributed by atoms with Crippen LogP contribution in [-0.4, -0.2) is 16.7 Å². The fraction of sp³-hybridized carbons (Fsp3) is 0.0769. The van der Waals surface area contributed by atoms with Gasteiger partial charge in [0.1, 0.15) is 0 Å². The van der Waals surface area contributed by atoms with Gasteiger partial charge in [-0.25, -0.2) is 0 Å². The molecule has 0 atom stereocenters. The highest BCUT2D eigenvalue weighted by Gasteiger charge is 2.30. The summed E-state index contributed by atoms with van der Waals surface area (Å²) in [5, 5.41) is 0. The second kappa shape index (κ2) is 4.03. The maximum atomic E-state index is 11.8. The number of rotatable bonds is 1. The zero-order chi connectivity index (χ0) is 11.5. The average molecular weight is 211 g/mol. The van der Waals surface area contributed by atoms with Gasteiger partial charge >= 0.3 is 0 Å². The van der Waals surface area contributed by atoms with Crippen molar-refractivity contribution in [1.82, 2.24) is 4.90 Å². The molecule has 0 aromatic heterocycles. The van der Waals surface area contributed by atoms with Crippen molar-refractivity contribution < 1.29 is 9.59 Å². The highest BCUT2D eigenvalue weighted by Crippen LogP contribution is 2.22. The van der Waals surface area contributed by atoms with Gasteiger partial charge in [0, 0.05) is 12.1 Å². The second-order valence-corrected chi connectivity index (χ2v) is 3.26. The molecule has 1 aliphatic rings. The fourth-order valence-corrected chi connectivity index (χ4v) is 1.51. The van der Waals surface area contributed by atoms with E-state index in [-0.39, 0.29) is 11.8 Å². The zero-order valence-corrected chi connectivity index (χ0v) is 8.73. The standard InChI is InChI=1S/C13H9NO2/c1-2-8-14-12(15)9-11(13(14)16)10-6-4-3-5-7-10/h3-7,9H,1H3. The van der Waals surface area contributed by atoms with Gasteiger partial charge in [0.2, 0.25) is 0 Å². The zero-order valence-electron chi connectivity index (χ0n) is 8.73. The Balaban J connectivity index is 2.39. The van der Waals surface area contributed by atoms with Crippen LogP contribution in [0.1, 0.15) is 12.5 Å². The lowest BCUT2D eigenvalue weighted by molar-refractivity contribution is -0.132. The van der Waals surface area contributed by atoms with E-state index in [2.05, 4.69) is 12.0 Å². The molecule has 1 heterocycles. The van der Waals surface area contributed by atoms with Gasteiger partial charge in [0.25, 0.3) is 11.8 Å². The lowest BCUT2D eigenvalue weighted by Crippen LogP contribution is -2.25. The van der Waals surface area contributed by atoms with Crippen LogP contribution in [0.4, 0.5) is 0 Å². The van der Waals surface area contributed by atoms with Gasteiger partial charge in [0.15, 0.2) is 0 Å². The summed E-state index contributed by atoms with van der Waals surface area (Å²) in [7, 11) is 0. The monoisotopic (exact) mass is 211 g/mol. The normalized spacial score (nSPS) is 14.6. The average Bonchev–Trinajstić information content (AvgIpc) is 2.59. The van der Waals surface area contributed by atoms with E-state index in [4.69, 9.17) is 0 Å². The molecule has 0 saturated carbocycles. The van der Waals surface area contributed by atoms with Crippen LogP contribution in [0.25, 0.3) is 5.57 Å². The van der Waals surface area contributed by atoms with Gasteiger partial charge in [-0.3, -0.25) is 9.59 Å². The first-order valence-corrected chi connectivity index (χ1v) is 4.82. The highest BCUT2D eigenvalue weighted by molar-refractivity contribution is 6.34. The summed E-state index contributed by atoms with van der Waals surface area (Å²) in [4.78, 5) is 24.3. The van der Waals surface area contributed by atoms with Crippen LogP contribution in [0.15, 0.2) is 36.4 Å². The minimum Gasteiger partial charge on any atom is -0.268 e. The fourth-order valence-electron chi connectivity index (χ4n) is 1.51. The Morgan fingerprint density at radius 1 is 1.12 bits per heavy atom. The number of benzene rings is 1. The smallest absolute Gasteiger partial charge is 0.268 e. The summed E-state index contributed by atoms with van der Waals surface area (Å²) < 4.78 is 0. The number of carbonyl (C=O) groups is 2. The van der Waals surface area contributed by atoms with Crippen molar-refractivity contribution in [1.29, 1.82) is 0 Å². The van der Waals surface area contributed by atoms with Crippen LogP contribution in [0.5, 0.6) is 0 Å². The molecular weight excluding hydrogens is 202 g/mol. The van der Waals surface area contributed by atoms with Crippen LogP contribution in [0, 0.1) is 12.0 Å². The first-order valence-electron chi connectivity index (χ1n) is 4.82. The third-order valence-electron chi connectivity index (χ3n) is 2.23. The molecule has 1 aromatic carbocycles. The van der Waals surface area contributed by atoms with Crippen LogP contribution in [-0.2, 0) is 9.59 Å². The molecule has 3 heteroatoms. The maximum Gasteiger partial charge on any atom is 0.273 e. The summed E-state index contributed by atoms with van der Waals surface area (Å²) in [6.45, 7) is 1.58. The maximum absolute atomic E-state index is 11.8. The van der Waals surface area contributed by atoms with E-state index in [1.54, 1.807) is 19.1 Å². The number of amides is 2. The molecule has 0 fully saturated rings. The molecule has 1 aliphatic heterocycles. The van der Waals surface area contributed by atoms with Gasteiger partial charge in [-0.1, -0.05) is 36.3 Å². The first kappa shape index (κ1) is 10.2. The van der Waals surface area contributed by atoms with Gasteiger partial charge < -0.3 is 0 Å². The van der Waals surface area contributed by atoms with Crippen LogP contribution < -0.4 is 0 Å². The molecule has 16 heavy (non-hydrogen) atoms. The Hall–Kier alpha value is -2.34. The van der Waals surface area contributed by atoms with Gasteiger partial charge in [-0.05, 0) is 12.5 Å². The third kappa shape index (κ3) is 1.61. The van der Waals surface area contributed by atoms with Crippen molar-refractivity contribution >= 4 is 17.4 Å². The van der Waals surface area contributed by atoms with E-state index >= 15 is 0 Å². The minimum atomic E-state index is -0.377. The van der Waals surface area contributed by atoms with Crippen molar-refractivity contribution in [2.24, 2.45) is 0 Å². The molecule has 78 valence electrons. The predicted molar refractivity (Wildman–Crippen MR) is 59.7 cm³/mol. The molecule has 0 bridgehead atoms. The van der Waals surface area contributed by atoms with Gasteiger partial charge in [-0.15, -0.1) is 0 Å². The predicted octanol–water partition coefficient (Wildman–Crippen LogP) is 1.42. The van der Waals surface area contributed by atoms with Crippen molar-refractivity contribution in [3.63, 3.8) is 0 Å². The molecule has 1 aromatic rings. The van der Waals surface area contributed by atoms with E-state index in [1.165, 1.54) is 6.08 Å². The third-order valence-corrected chi connectivity index (χ3v) is 2.23. The summed E-state index contributed by atoms with van der Waals surface area (Å²) >= 11 is 0. The first-order chi connectivity index (χ1) is 7.74. The molecule has 2 rings (SSSR count). The lowest BCUT2D eigenvalue weighted by Gasteiger charge is -2.05. The Labute approximate surface area is 93.4 Å². The summed E-state index contributed by atoms with van der Waals surface area (Å²) in [6.07, 6.45) is 1.32. The van der Waals surface area contributed by atoms with Crippen LogP contribution in [0.2, 0.25) is 0 Å². The highest BCUT2D eigenvalue weighted by atomic mass is 16.2. The van der Waals surface area contributed by atoms with Crippen LogP contribution >= 0.6 is 0 Å². The van der Waals surface area contributed by atoms with Crippen LogP contribution in [0.3, 0.4) is 0 Å². The molecule has 0 N–H and O–H groups in total. The molecule has 0 saturated heterocycles. The number of imide groups is 1. The Kier molecular flexibility index (Phi) is 2.57. The molecule has 0 spiro atoms. The van der Waals surface area contributed by atoms with E-state index < -0.39 is 0 Å². The largest absolute Gasteiger partial charge is 0.273 e. The summed E-state index contributed by atoms with van der Waals surface area (Å²) in [6, 6.07) is 11.6. The Morgan fingerprint density at radius 2 is 1.81 bits per heavy atom. The Bertz CT molecular complexity index is 532. The second-order valence-electron chi connectivity index (χ2n) is 3.26. The number of hydrogen-bond acceptors (Lipinski definition) is 2. The molecule has 0 aliphatic carbocycles. The molecule has 0 radical (unpaired) electrons. The summed E-state index contributed by atoms with van der Waals surface area (Å²) in [5.41, 5.74) is 1.13. The van der Waals surface area contributed by atoms with Gasteiger partial charge in [0.05, 0.1) is 5.57 Å². The molecule has 3 nitrogen and oxygen atoms in total. The van der Waals surface area contributed by atoms with E-state index in [1.807, 2.05) is 18.2 Å². The lowest BCUT2D eigenvalue weighted by atomic mass is 10.1. The number of nitrogens with zero attached hydrogens (tertiary/aromatic N) is 1. The number of hydrogen-bond donors (Lipinski definition) is 0. The quantitative estimate of drug-likeness (QED) is 0.520. The van der Waals surface area contributed by atoms with E-state index in [0.717, 1.165) is 10.5 Å². The van der Waals surface area contributed by atoms with E-state index in [0.29, 0.717) is 5.57 Å². The van der Waals surface area contributed by atoms with Gasteiger partial charge in [-0.2, -0.15) is 4.90 Å². The Morgan fingerprint density at radius 3 is 2.44 bits per heavy atom. The van der Waals surface area contributed by atoms with Crippen molar-refractivity contribution in [3.8, 4) is 12.0 Å². The van der Waals surface area contributed by atoms with Crippen molar-refractivity contribution in [3.05, 3.63) is 42.0 Å².